The van der Waals surface area contributed by atoms with Gasteiger partial charge in [0.25, 0.3) is 11.8 Å². The summed E-state index contributed by atoms with van der Waals surface area (Å²) in [4.78, 5) is 60.0. The van der Waals surface area contributed by atoms with Crippen molar-refractivity contribution in [3.63, 3.8) is 0 Å². The van der Waals surface area contributed by atoms with Gasteiger partial charge in [-0.25, -0.2) is 0 Å². The number of fused-ring (bicyclic) bond motifs is 2. The highest BCUT2D eigenvalue weighted by Crippen LogP contribution is 2.53. The molecule has 2 amide bonds. The van der Waals surface area contributed by atoms with Gasteiger partial charge in [-0.2, -0.15) is 0 Å². The van der Waals surface area contributed by atoms with Crippen molar-refractivity contribution in [2.45, 2.75) is 120 Å². The maximum atomic E-state index is 15.0. The number of methoxy groups -OCH3 is 1. The Labute approximate surface area is 350 Å². The number of hydrogen-bond donors (Lipinski definition) is 10. The lowest BCUT2D eigenvalue weighted by Gasteiger charge is -2.56. The summed E-state index contributed by atoms with van der Waals surface area (Å²) in [6.45, 7) is 3.15. The van der Waals surface area contributed by atoms with Crippen molar-refractivity contribution >= 4 is 29.3 Å². The molecule has 338 valence electrons. The molecule has 6 rings (SSSR count). The number of carbonyl (C=O) groups is 4. The SMILES string of the molecule is CCC1C(OC)CC(O[C@H]2O[C@H](CO)[C@](O)(C[C@H](CN3C(=O)C=CC3=O)C3CCNC(N)C3)[C@H](O)[C@H]2O)C2C(=O)C3C(CC(C)C(C(CCO)NC(N)=NC)C3O)C(=O)C12. The third-order valence-electron chi connectivity index (χ3n) is 14.8. The number of rotatable bonds is 14. The van der Waals surface area contributed by atoms with Crippen LogP contribution in [0, 0.1) is 53.3 Å². The van der Waals surface area contributed by atoms with E-state index in [1.807, 2.05) is 13.8 Å². The van der Waals surface area contributed by atoms with E-state index in [9.17, 15) is 49.8 Å². The molecule has 60 heavy (non-hydrogen) atoms. The second kappa shape index (κ2) is 19.2. The molecular weight excluding hydrogens is 784 g/mol. The number of nitrogens with one attached hydrogen (secondary N) is 2. The van der Waals surface area contributed by atoms with Crippen molar-refractivity contribution in [3.05, 3.63) is 12.2 Å². The van der Waals surface area contributed by atoms with E-state index < -0.39 is 120 Å². The number of ether oxygens (including phenoxy) is 3. The Morgan fingerprint density at radius 1 is 1.05 bits per heavy atom. The molecule has 3 aliphatic carbocycles. The number of piperidine rings is 1. The molecule has 19 heteroatoms. The first-order valence-corrected chi connectivity index (χ1v) is 21.5. The molecule has 13 unspecified atom stereocenters. The van der Waals surface area contributed by atoms with Crippen LogP contribution in [0.1, 0.15) is 58.8 Å². The Morgan fingerprint density at radius 2 is 1.75 bits per heavy atom. The monoisotopic (exact) mass is 850 g/mol. The van der Waals surface area contributed by atoms with Gasteiger partial charge in [0.05, 0.1) is 42.9 Å². The summed E-state index contributed by atoms with van der Waals surface area (Å²) in [7, 11) is 3.00. The fourth-order valence-electron chi connectivity index (χ4n) is 11.8. The third kappa shape index (κ3) is 8.69. The van der Waals surface area contributed by atoms with Gasteiger partial charge in [-0.05, 0) is 62.3 Å². The minimum Gasteiger partial charge on any atom is -0.396 e. The van der Waals surface area contributed by atoms with E-state index in [1.165, 1.54) is 14.2 Å². The van der Waals surface area contributed by atoms with Crippen LogP contribution < -0.4 is 22.1 Å². The number of hydrogen-bond acceptors (Lipinski definition) is 16. The van der Waals surface area contributed by atoms with Crippen molar-refractivity contribution < 1.29 is 64.0 Å². The second-order valence-corrected chi connectivity index (χ2v) is 17.9. The van der Waals surface area contributed by atoms with Crippen LogP contribution in [-0.2, 0) is 33.4 Å². The van der Waals surface area contributed by atoms with Crippen molar-refractivity contribution in [1.82, 2.24) is 15.5 Å². The molecule has 3 saturated carbocycles. The summed E-state index contributed by atoms with van der Waals surface area (Å²) in [6.07, 6.45) is -6.47. The van der Waals surface area contributed by atoms with E-state index in [-0.39, 0.29) is 61.9 Å². The van der Waals surface area contributed by atoms with Crippen LogP contribution in [0.15, 0.2) is 17.1 Å². The maximum Gasteiger partial charge on any atom is 0.253 e. The molecule has 19 atom stereocenters. The number of carbonyl (C=O) groups excluding carboxylic acids is 4. The molecule has 0 aromatic carbocycles. The lowest BCUT2D eigenvalue weighted by Crippen LogP contribution is -2.69. The van der Waals surface area contributed by atoms with Crippen LogP contribution in [0.2, 0.25) is 0 Å². The molecule has 0 aromatic heterocycles. The molecule has 0 aromatic rings. The van der Waals surface area contributed by atoms with Gasteiger partial charge >= 0.3 is 0 Å². The average molecular weight is 851 g/mol. The second-order valence-electron chi connectivity index (χ2n) is 17.9. The van der Waals surface area contributed by atoms with Gasteiger partial charge in [-0.1, -0.05) is 20.3 Å². The van der Waals surface area contributed by atoms with E-state index in [1.54, 1.807) is 0 Å². The van der Waals surface area contributed by atoms with Crippen LogP contribution in [0.4, 0.5) is 0 Å². The zero-order valence-corrected chi connectivity index (χ0v) is 34.9. The highest BCUT2D eigenvalue weighted by Gasteiger charge is 2.64. The lowest BCUT2D eigenvalue weighted by molar-refractivity contribution is -0.349. The topological polar surface area (TPSA) is 309 Å². The maximum absolute atomic E-state index is 15.0. The summed E-state index contributed by atoms with van der Waals surface area (Å²) in [5.41, 5.74) is 9.91. The highest BCUT2D eigenvalue weighted by molar-refractivity contribution is 6.12. The normalized spacial score (nSPS) is 43.5. The Bertz CT molecular complexity index is 1610. The van der Waals surface area contributed by atoms with Crippen LogP contribution >= 0.6 is 0 Å². The van der Waals surface area contributed by atoms with Crippen molar-refractivity contribution in [3.8, 4) is 0 Å². The van der Waals surface area contributed by atoms with Crippen LogP contribution in [-0.4, -0.2) is 166 Å². The summed E-state index contributed by atoms with van der Waals surface area (Å²) in [5.74, 6) is -7.52. The number of nitrogens with two attached hydrogens (primary N) is 2. The molecular formula is C41H66N6O13. The number of aliphatic hydroxyl groups is 6. The van der Waals surface area contributed by atoms with Gasteiger partial charge in [0.15, 0.2) is 12.2 Å². The smallest absolute Gasteiger partial charge is 0.253 e. The average Bonchev–Trinajstić information content (AvgIpc) is 3.54. The molecule has 3 heterocycles. The fraction of sp³-hybridized carbons (Fsp3) is 0.829. The van der Waals surface area contributed by atoms with E-state index in [4.69, 9.17) is 25.7 Å². The number of guanidine groups is 1. The number of aliphatic imine (C=N–C) groups is 1. The van der Waals surface area contributed by atoms with Gasteiger partial charge in [-0.3, -0.25) is 29.1 Å². The third-order valence-corrected chi connectivity index (χ3v) is 14.8. The number of aliphatic hydroxyl groups excluding tert-OH is 5. The first-order chi connectivity index (χ1) is 28.5. The Hall–Kier alpha value is -2.95. The molecule has 19 nitrogen and oxygen atoms in total. The van der Waals surface area contributed by atoms with Gasteiger partial charge in [0.2, 0.25) is 0 Å². The van der Waals surface area contributed by atoms with Crippen LogP contribution in [0.25, 0.3) is 0 Å². The molecule has 6 aliphatic rings. The zero-order valence-electron chi connectivity index (χ0n) is 34.9. The Balaban J connectivity index is 1.28. The molecule has 3 aliphatic heterocycles. The molecule has 5 fully saturated rings. The van der Waals surface area contributed by atoms with Crippen LogP contribution in [0.3, 0.4) is 0 Å². The molecule has 0 spiro atoms. The fourth-order valence-corrected chi connectivity index (χ4v) is 11.8. The number of imide groups is 1. The lowest BCUT2D eigenvalue weighted by atomic mass is 9.50. The van der Waals surface area contributed by atoms with Gasteiger partial charge in [0.1, 0.15) is 35.5 Å². The first kappa shape index (κ1) is 46.6. The van der Waals surface area contributed by atoms with E-state index in [0.717, 1.165) is 17.1 Å². The summed E-state index contributed by atoms with van der Waals surface area (Å²) >= 11 is 0. The molecule has 12 N–H and O–H groups in total. The summed E-state index contributed by atoms with van der Waals surface area (Å²) in [6, 6.07) is -0.564. The predicted octanol–water partition coefficient (Wildman–Crippen LogP) is -2.88. The number of Topliss-reactive ketones (excluding diaryl/α,β-unsaturated/α-hetero) is 2. The largest absolute Gasteiger partial charge is 0.396 e. The van der Waals surface area contributed by atoms with Crippen LogP contribution in [0.5, 0.6) is 0 Å². The van der Waals surface area contributed by atoms with Gasteiger partial charge < -0.3 is 67.0 Å². The van der Waals surface area contributed by atoms with Gasteiger partial charge in [0, 0.05) is 69.7 Å². The molecule has 2 saturated heterocycles. The summed E-state index contributed by atoms with van der Waals surface area (Å²) in [5, 5.41) is 74.7. The summed E-state index contributed by atoms with van der Waals surface area (Å²) < 4.78 is 18.5. The zero-order chi connectivity index (χ0) is 43.8. The molecule has 0 radical (unpaired) electrons. The minimum atomic E-state index is -2.31. The predicted molar refractivity (Wildman–Crippen MR) is 213 cm³/mol. The Kier molecular flexibility index (Phi) is 14.9. The van der Waals surface area contributed by atoms with E-state index >= 15 is 0 Å². The van der Waals surface area contributed by atoms with Crippen molar-refractivity contribution in [2.75, 3.05) is 40.5 Å². The van der Waals surface area contributed by atoms with Gasteiger partial charge in [-0.15, -0.1) is 0 Å². The molecule has 0 bridgehead atoms. The van der Waals surface area contributed by atoms with Crippen molar-refractivity contribution in [1.29, 1.82) is 0 Å². The minimum absolute atomic E-state index is 0.0847. The first-order valence-electron chi connectivity index (χ1n) is 21.5. The quantitative estimate of drug-likeness (QED) is 0.0477. The Morgan fingerprint density at radius 3 is 2.35 bits per heavy atom. The van der Waals surface area contributed by atoms with E-state index in [0.29, 0.717) is 32.2 Å². The number of nitrogens with zero attached hydrogens (tertiary/aromatic N) is 2. The number of ketones is 2. The van der Waals surface area contributed by atoms with Crippen molar-refractivity contribution in [2.24, 2.45) is 69.7 Å². The standard InChI is InChI=1S/C41H66N6O13/c1-5-21-24(58-4)14-25(33-31(21)34(52)22-12-18(2)30(35(53)32(22)36(33)54)23(9-11-48)46-40(43)44-3)59-39-37(55)38(56)41(57,26(17-49)60-39)15-20(19-8-10-45-27(42)13-19)16-47-28(50)6-7-29(47)51/h6-7,18-27,30-33,35,37-39,45,48-49,53,55-57H,5,8-17,42H2,1-4H3,(H3,43,44,46)/t18?,19?,20-,21?,22?,23?,24?,25?,26-,27?,30?,31?,32?,33?,35?,37-,38-,39+,41-/m1/s1. The number of amides is 2. The van der Waals surface area contributed by atoms with E-state index in [2.05, 4.69) is 15.6 Å². The highest BCUT2D eigenvalue weighted by atomic mass is 16.7.